The van der Waals surface area contributed by atoms with Crippen LogP contribution < -0.4 is 11.1 Å². The van der Waals surface area contributed by atoms with Gasteiger partial charge in [-0.3, -0.25) is 4.68 Å². The second-order valence-corrected chi connectivity index (χ2v) is 7.81. The largest absolute Gasteiger partial charge is 0.328 e. The van der Waals surface area contributed by atoms with Crippen LogP contribution in [0.2, 0.25) is 5.02 Å². The summed E-state index contributed by atoms with van der Waals surface area (Å²) >= 11 is 6.39. The van der Waals surface area contributed by atoms with Gasteiger partial charge in [-0.1, -0.05) is 29.8 Å². The van der Waals surface area contributed by atoms with Gasteiger partial charge in [0, 0.05) is 36.0 Å². The highest BCUT2D eigenvalue weighted by Gasteiger charge is 2.26. The Morgan fingerprint density at radius 3 is 2.61 bits per heavy atom. The Kier molecular flexibility index (Phi) is 4.50. The fourth-order valence-corrected chi connectivity index (χ4v) is 3.07. The number of nitrogens with zero attached hydrogens (tertiary/aromatic N) is 2. The van der Waals surface area contributed by atoms with Gasteiger partial charge in [0.25, 0.3) is 0 Å². The monoisotopic (exact) mass is 332 g/mol. The van der Waals surface area contributed by atoms with Crippen LogP contribution in [0, 0.1) is 0 Å². The van der Waals surface area contributed by atoms with Gasteiger partial charge in [0.05, 0.1) is 16.3 Å². The Bertz CT molecular complexity index is 681. The van der Waals surface area contributed by atoms with E-state index in [0.29, 0.717) is 12.1 Å². The molecule has 0 spiro atoms. The van der Waals surface area contributed by atoms with E-state index in [2.05, 4.69) is 32.3 Å². The van der Waals surface area contributed by atoms with Gasteiger partial charge in [0.15, 0.2) is 0 Å². The van der Waals surface area contributed by atoms with Crippen LogP contribution in [0.15, 0.2) is 30.5 Å². The standard InChI is InChI=1S/C18H25ClN4/c1-18(2,3)23-11-12(10-21-14-8-13(20)9-14)17(22-23)15-6-4-5-7-16(15)19/h4-7,11,13-14,21H,8-10,20H2,1-3H3. The lowest BCUT2D eigenvalue weighted by Crippen LogP contribution is -2.48. The first-order chi connectivity index (χ1) is 10.8. The van der Waals surface area contributed by atoms with Crippen LogP contribution >= 0.6 is 11.6 Å². The van der Waals surface area contributed by atoms with Crippen molar-refractivity contribution >= 4 is 11.6 Å². The highest BCUT2D eigenvalue weighted by atomic mass is 35.5. The van der Waals surface area contributed by atoms with Crippen molar-refractivity contribution in [3.63, 3.8) is 0 Å². The summed E-state index contributed by atoms with van der Waals surface area (Å²) in [5, 5.41) is 9.14. The van der Waals surface area contributed by atoms with Gasteiger partial charge in [-0.15, -0.1) is 0 Å². The molecule has 1 aromatic heterocycles. The number of benzene rings is 1. The zero-order chi connectivity index (χ0) is 16.6. The predicted molar refractivity (Wildman–Crippen MR) is 95.5 cm³/mol. The Morgan fingerprint density at radius 2 is 2.00 bits per heavy atom. The molecule has 2 aromatic rings. The fourth-order valence-electron chi connectivity index (χ4n) is 2.85. The second kappa shape index (κ2) is 6.27. The summed E-state index contributed by atoms with van der Waals surface area (Å²) in [4.78, 5) is 0. The maximum atomic E-state index is 6.39. The van der Waals surface area contributed by atoms with Crippen molar-refractivity contribution in [2.24, 2.45) is 5.73 Å². The van der Waals surface area contributed by atoms with Gasteiger partial charge in [0.2, 0.25) is 0 Å². The Hall–Kier alpha value is -1.36. The van der Waals surface area contributed by atoms with E-state index in [9.17, 15) is 0 Å². The average molecular weight is 333 g/mol. The molecule has 1 aliphatic carbocycles. The highest BCUT2D eigenvalue weighted by molar-refractivity contribution is 6.33. The minimum atomic E-state index is -0.0624. The van der Waals surface area contributed by atoms with E-state index in [1.807, 2.05) is 28.9 Å². The van der Waals surface area contributed by atoms with Crippen LogP contribution in [-0.2, 0) is 12.1 Å². The molecule has 0 amide bonds. The lowest BCUT2D eigenvalue weighted by molar-refractivity contribution is 0.290. The minimum Gasteiger partial charge on any atom is -0.328 e. The molecule has 1 aromatic carbocycles. The summed E-state index contributed by atoms with van der Waals surface area (Å²) in [5.74, 6) is 0. The molecule has 1 aliphatic rings. The average Bonchev–Trinajstić information content (AvgIpc) is 2.87. The Morgan fingerprint density at radius 1 is 1.30 bits per heavy atom. The maximum Gasteiger partial charge on any atom is 0.0983 e. The van der Waals surface area contributed by atoms with E-state index in [0.717, 1.165) is 35.7 Å². The third kappa shape index (κ3) is 3.60. The van der Waals surface area contributed by atoms with Crippen molar-refractivity contribution in [3.05, 3.63) is 41.0 Å². The summed E-state index contributed by atoms with van der Waals surface area (Å²) in [6, 6.07) is 8.75. The maximum absolute atomic E-state index is 6.39. The molecular weight excluding hydrogens is 308 g/mol. The van der Waals surface area contributed by atoms with E-state index in [-0.39, 0.29) is 5.54 Å². The Balaban J connectivity index is 1.89. The van der Waals surface area contributed by atoms with Crippen molar-refractivity contribution in [3.8, 4) is 11.3 Å². The molecule has 3 N–H and O–H groups in total. The van der Waals surface area contributed by atoms with E-state index < -0.39 is 0 Å². The second-order valence-electron chi connectivity index (χ2n) is 7.41. The SMILES string of the molecule is CC(C)(C)n1cc(CNC2CC(N)C2)c(-c2ccccc2Cl)n1. The number of hydrogen-bond donors (Lipinski definition) is 2. The van der Waals surface area contributed by atoms with Gasteiger partial charge in [-0.2, -0.15) is 5.10 Å². The van der Waals surface area contributed by atoms with Crippen LogP contribution in [0.4, 0.5) is 0 Å². The molecule has 1 saturated carbocycles. The van der Waals surface area contributed by atoms with Crippen LogP contribution in [0.25, 0.3) is 11.3 Å². The number of aromatic nitrogens is 2. The van der Waals surface area contributed by atoms with Gasteiger partial charge in [-0.25, -0.2) is 0 Å². The smallest absolute Gasteiger partial charge is 0.0983 e. The number of rotatable bonds is 4. The molecule has 3 rings (SSSR count). The van der Waals surface area contributed by atoms with Gasteiger partial charge in [0.1, 0.15) is 0 Å². The van der Waals surface area contributed by atoms with Crippen LogP contribution in [0.3, 0.4) is 0 Å². The molecule has 0 unspecified atom stereocenters. The quantitative estimate of drug-likeness (QED) is 0.900. The first-order valence-electron chi connectivity index (χ1n) is 8.17. The third-order valence-corrected chi connectivity index (χ3v) is 4.69. The summed E-state index contributed by atoms with van der Waals surface area (Å²) in [5.41, 5.74) is 8.92. The zero-order valence-electron chi connectivity index (χ0n) is 14.0. The van der Waals surface area contributed by atoms with E-state index in [4.69, 9.17) is 22.4 Å². The number of hydrogen-bond acceptors (Lipinski definition) is 3. The van der Waals surface area contributed by atoms with Crippen molar-refractivity contribution in [1.29, 1.82) is 0 Å². The molecule has 5 heteroatoms. The normalized spacial score (nSPS) is 21.3. The first kappa shape index (κ1) is 16.5. The van der Waals surface area contributed by atoms with E-state index in [1.165, 1.54) is 5.56 Å². The van der Waals surface area contributed by atoms with Crippen molar-refractivity contribution < 1.29 is 0 Å². The van der Waals surface area contributed by atoms with Crippen LogP contribution in [0.5, 0.6) is 0 Å². The molecule has 1 heterocycles. The topological polar surface area (TPSA) is 55.9 Å². The molecule has 23 heavy (non-hydrogen) atoms. The first-order valence-corrected chi connectivity index (χ1v) is 8.55. The number of nitrogens with one attached hydrogen (secondary N) is 1. The molecular formula is C18H25ClN4. The number of halogens is 1. The van der Waals surface area contributed by atoms with Crippen molar-refractivity contribution in [2.45, 2.75) is 57.8 Å². The zero-order valence-corrected chi connectivity index (χ0v) is 14.8. The molecule has 4 nitrogen and oxygen atoms in total. The molecule has 124 valence electrons. The summed E-state index contributed by atoms with van der Waals surface area (Å²) in [7, 11) is 0. The van der Waals surface area contributed by atoms with Crippen molar-refractivity contribution in [2.75, 3.05) is 0 Å². The van der Waals surface area contributed by atoms with E-state index in [1.54, 1.807) is 0 Å². The number of nitrogens with two attached hydrogens (primary N) is 1. The van der Waals surface area contributed by atoms with Gasteiger partial charge >= 0.3 is 0 Å². The molecule has 0 bridgehead atoms. The van der Waals surface area contributed by atoms with Gasteiger partial charge in [-0.05, 0) is 39.7 Å². The van der Waals surface area contributed by atoms with E-state index >= 15 is 0 Å². The van der Waals surface area contributed by atoms with Gasteiger partial charge < -0.3 is 11.1 Å². The fraction of sp³-hybridized carbons (Fsp3) is 0.500. The Labute approximate surface area is 143 Å². The molecule has 1 fully saturated rings. The minimum absolute atomic E-state index is 0.0624. The summed E-state index contributed by atoms with van der Waals surface area (Å²) in [6.45, 7) is 7.24. The molecule has 0 radical (unpaired) electrons. The summed E-state index contributed by atoms with van der Waals surface area (Å²) in [6.07, 6.45) is 4.23. The van der Waals surface area contributed by atoms with Crippen LogP contribution in [0.1, 0.15) is 39.2 Å². The molecule has 0 atom stereocenters. The third-order valence-electron chi connectivity index (χ3n) is 4.36. The molecule has 0 saturated heterocycles. The van der Waals surface area contributed by atoms with Crippen LogP contribution in [-0.4, -0.2) is 21.9 Å². The molecule has 0 aliphatic heterocycles. The lowest BCUT2D eigenvalue weighted by Gasteiger charge is -2.33. The lowest BCUT2D eigenvalue weighted by atomic mass is 9.87. The predicted octanol–water partition coefficient (Wildman–Crippen LogP) is 3.54. The summed E-state index contributed by atoms with van der Waals surface area (Å²) < 4.78 is 2.02. The highest BCUT2D eigenvalue weighted by Crippen LogP contribution is 2.31. The van der Waals surface area contributed by atoms with Crippen molar-refractivity contribution in [1.82, 2.24) is 15.1 Å².